The van der Waals surface area contributed by atoms with Crippen molar-refractivity contribution >= 4 is 45.1 Å². The molecule has 3 aromatic rings. The van der Waals surface area contributed by atoms with Crippen LogP contribution in [0.5, 0.6) is 5.75 Å². The molecule has 0 aliphatic rings. The number of hydrogen-bond donors (Lipinski definition) is 2. The SMILES string of the molecule is CC(=O)Oc1cccc(C(=O)Nc2ccc(NC(=O)c3ccc(Br)o3)cc2)c1. The summed E-state index contributed by atoms with van der Waals surface area (Å²) in [6.45, 7) is 1.29. The molecule has 7 nitrogen and oxygen atoms in total. The second-order valence-electron chi connectivity index (χ2n) is 5.71. The number of anilines is 2. The fourth-order valence-corrected chi connectivity index (χ4v) is 2.64. The molecule has 0 atom stereocenters. The van der Waals surface area contributed by atoms with Crippen LogP contribution < -0.4 is 15.4 Å². The van der Waals surface area contributed by atoms with E-state index in [0.717, 1.165) is 0 Å². The molecule has 2 amide bonds. The van der Waals surface area contributed by atoms with Crippen LogP contribution in [0.15, 0.2) is 69.8 Å². The lowest BCUT2D eigenvalue weighted by molar-refractivity contribution is -0.131. The summed E-state index contributed by atoms with van der Waals surface area (Å²) in [6, 6.07) is 16.1. The van der Waals surface area contributed by atoms with Gasteiger partial charge in [-0.3, -0.25) is 14.4 Å². The Morgan fingerprint density at radius 2 is 1.54 bits per heavy atom. The number of rotatable bonds is 5. The van der Waals surface area contributed by atoms with Gasteiger partial charge in [0, 0.05) is 23.9 Å². The summed E-state index contributed by atoms with van der Waals surface area (Å²) >= 11 is 3.14. The van der Waals surface area contributed by atoms with Gasteiger partial charge in [-0.1, -0.05) is 6.07 Å². The van der Waals surface area contributed by atoms with Crippen LogP contribution in [0.25, 0.3) is 0 Å². The van der Waals surface area contributed by atoms with Gasteiger partial charge in [-0.15, -0.1) is 0 Å². The summed E-state index contributed by atoms with van der Waals surface area (Å²) < 4.78 is 10.6. The maximum Gasteiger partial charge on any atom is 0.308 e. The number of ether oxygens (including phenoxy) is 1. The van der Waals surface area contributed by atoms with Crippen LogP contribution in [0.2, 0.25) is 0 Å². The Morgan fingerprint density at radius 1 is 0.893 bits per heavy atom. The van der Waals surface area contributed by atoms with Crippen LogP contribution >= 0.6 is 15.9 Å². The Bertz CT molecular complexity index is 1030. The van der Waals surface area contributed by atoms with Gasteiger partial charge in [-0.05, 0) is 70.5 Å². The highest BCUT2D eigenvalue weighted by atomic mass is 79.9. The van der Waals surface area contributed by atoms with Gasteiger partial charge < -0.3 is 19.8 Å². The first-order valence-electron chi connectivity index (χ1n) is 8.17. The summed E-state index contributed by atoms with van der Waals surface area (Å²) in [7, 11) is 0. The number of esters is 1. The van der Waals surface area contributed by atoms with E-state index in [-0.39, 0.29) is 17.6 Å². The fourth-order valence-electron chi connectivity index (χ4n) is 2.34. The molecule has 0 aliphatic heterocycles. The smallest absolute Gasteiger partial charge is 0.308 e. The molecule has 2 aromatic carbocycles. The quantitative estimate of drug-likeness (QED) is 0.448. The van der Waals surface area contributed by atoms with Gasteiger partial charge in [0.25, 0.3) is 11.8 Å². The van der Waals surface area contributed by atoms with Crippen molar-refractivity contribution in [3.05, 3.63) is 76.7 Å². The average molecular weight is 443 g/mol. The number of halogens is 1. The van der Waals surface area contributed by atoms with Crippen molar-refractivity contribution in [1.29, 1.82) is 0 Å². The third kappa shape index (κ3) is 5.08. The molecule has 0 unspecified atom stereocenters. The molecule has 1 aromatic heterocycles. The van der Waals surface area contributed by atoms with E-state index in [1.807, 2.05) is 0 Å². The molecule has 2 N–H and O–H groups in total. The molecule has 1 heterocycles. The first-order valence-corrected chi connectivity index (χ1v) is 8.96. The molecular weight excluding hydrogens is 428 g/mol. The lowest BCUT2D eigenvalue weighted by atomic mass is 10.2. The highest BCUT2D eigenvalue weighted by Gasteiger charge is 2.11. The minimum Gasteiger partial charge on any atom is -0.444 e. The van der Waals surface area contributed by atoms with Gasteiger partial charge in [-0.2, -0.15) is 0 Å². The van der Waals surface area contributed by atoms with E-state index in [1.54, 1.807) is 54.6 Å². The van der Waals surface area contributed by atoms with Gasteiger partial charge >= 0.3 is 5.97 Å². The molecule has 0 spiro atoms. The Hall–Kier alpha value is -3.39. The highest BCUT2D eigenvalue weighted by molar-refractivity contribution is 9.10. The summed E-state index contributed by atoms with van der Waals surface area (Å²) in [6.07, 6.45) is 0. The monoisotopic (exact) mass is 442 g/mol. The van der Waals surface area contributed by atoms with Crippen LogP contribution in [0.4, 0.5) is 11.4 Å². The van der Waals surface area contributed by atoms with E-state index < -0.39 is 5.97 Å². The molecule has 0 aliphatic carbocycles. The van der Waals surface area contributed by atoms with E-state index in [1.165, 1.54) is 13.0 Å². The zero-order valence-corrected chi connectivity index (χ0v) is 16.3. The number of carbonyl (C=O) groups excluding carboxylic acids is 3. The van der Waals surface area contributed by atoms with Gasteiger partial charge in [0.1, 0.15) is 5.75 Å². The Morgan fingerprint density at radius 3 is 2.11 bits per heavy atom. The molecule has 0 radical (unpaired) electrons. The lowest BCUT2D eigenvalue weighted by Gasteiger charge is -2.08. The maximum atomic E-state index is 12.4. The largest absolute Gasteiger partial charge is 0.444 e. The molecule has 0 bridgehead atoms. The topological polar surface area (TPSA) is 97.6 Å². The minimum absolute atomic E-state index is 0.178. The standard InChI is InChI=1S/C20H15BrN2O5/c1-12(24)27-16-4-2-3-13(11-16)19(25)22-14-5-7-15(8-6-14)23-20(26)17-9-10-18(21)28-17/h2-11H,1H3,(H,22,25)(H,23,26). The lowest BCUT2D eigenvalue weighted by Crippen LogP contribution is -2.13. The van der Waals surface area contributed by atoms with Gasteiger partial charge in [0.15, 0.2) is 10.4 Å². The van der Waals surface area contributed by atoms with Crippen molar-refractivity contribution in [2.24, 2.45) is 0 Å². The predicted molar refractivity (Wildman–Crippen MR) is 107 cm³/mol. The molecule has 3 rings (SSSR count). The van der Waals surface area contributed by atoms with Crippen LogP contribution in [-0.4, -0.2) is 17.8 Å². The van der Waals surface area contributed by atoms with Gasteiger partial charge in [-0.25, -0.2) is 0 Å². The molecule has 142 valence electrons. The summed E-state index contributed by atoms with van der Waals surface area (Å²) in [5.74, 6) is -0.729. The average Bonchev–Trinajstić information content (AvgIpc) is 3.09. The molecule has 0 saturated heterocycles. The molecular formula is C20H15BrN2O5. The number of hydrogen-bond acceptors (Lipinski definition) is 5. The van der Waals surface area contributed by atoms with E-state index in [9.17, 15) is 14.4 Å². The second-order valence-corrected chi connectivity index (χ2v) is 6.49. The van der Waals surface area contributed by atoms with Crippen LogP contribution in [-0.2, 0) is 4.79 Å². The van der Waals surface area contributed by atoms with Crippen molar-refractivity contribution in [2.75, 3.05) is 10.6 Å². The first kappa shape index (κ1) is 19.4. The molecule has 28 heavy (non-hydrogen) atoms. The zero-order valence-electron chi connectivity index (χ0n) is 14.7. The number of carbonyl (C=O) groups is 3. The van der Waals surface area contributed by atoms with Crippen molar-refractivity contribution < 1.29 is 23.5 Å². The van der Waals surface area contributed by atoms with Crippen molar-refractivity contribution in [1.82, 2.24) is 0 Å². The Kier molecular flexibility index (Phi) is 5.90. The third-order valence-corrected chi connectivity index (χ3v) is 3.98. The normalized spacial score (nSPS) is 10.2. The molecule has 8 heteroatoms. The number of amides is 2. The van der Waals surface area contributed by atoms with Crippen LogP contribution in [0, 0.1) is 0 Å². The van der Waals surface area contributed by atoms with Crippen LogP contribution in [0.3, 0.4) is 0 Å². The van der Waals surface area contributed by atoms with Gasteiger partial charge in [0.2, 0.25) is 0 Å². The van der Waals surface area contributed by atoms with Gasteiger partial charge in [0.05, 0.1) is 0 Å². The third-order valence-electron chi connectivity index (χ3n) is 3.56. The minimum atomic E-state index is -0.461. The highest BCUT2D eigenvalue weighted by Crippen LogP contribution is 2.19. The van der Waals surface area contributed by atoms with Crippen LogP contribution in [0.1, 0.15) is 27.8 Å². The fraction of sp³-hybridized carbons (Fsp3) is 0.0500. The molecule has 0 fully saturated rings. The van der Waals surface area contributed by atoms with E-state index in [2.05, 4.69) is 26.6 Å². The summed E-state index contributed by atoms with van der Waals surface area (Å²) in [5, 5.41) is 5.43. The predicted octanol–water partition coefficient (Wildman–Crippen LogP) is 4.47. The van der Waals surface area contributed by atoms with Crippen molar-refractivity contribution in [2.45, 2.75) is 6.92 Å². The van der Waals surface area contributed by atoms with Crippen molar-refractivity contribution in [3.63, 3.8) is 0 Å². The maximum absolute atomic E-state index is 12.4. The van der Waals surface area contributed by atoms with E-state index in [4.69, 9.17) is 9.15 Å². The Balaban J connectivity index is 1.63. The van der Waals surface area contributed by atoms with Crippen molar-refractivity contribution in [3.8, 4) is 5.75 Å². The van der Waals surface area contributed by atoms with E-state index in [0.29, 0.717) is 27.4 Å². The zero-order chi connectivity index (χ0) is 20.1. The first-order chi connectivity index (χ1) is 13.4. The van der Waals surface area contributed by atoms with E-state index >= 15 is 0 Å². The summed E-state index contributed by atoms with van der Waals surface area (Å²) in [4.78, 5) is 35.4. The number of nitrogens with one attached hydrogen (secondary N) is 2. The summed E-state index contributed by atoms with van der Waals surface area (Å²) in [5.41, 5.74) is 1.44. The molecule has 0 saturated carbocycles. The number of benzene rings is 2. The Labute approximate surface area is 168 Å². The number of furan rings is 1. The second kappa shape index (κ2) is 8.53.